The van der Waals surface area contributed by atoms with E-state index in [9.17, 15) is 5.11 Å². The lowest BCUT2D eigenvalue weighted by molar-refractivity contribution is 0.131. The molecule has 0 aromatic heterocycles. The number of benzene rings is 1. The molecule has 6 heteroatoms. The number of nitrogens with one attached hydrogen (secondary N) is 2. The van der Waals surface area contributed by atoms with Crippen LogP contribution in [0.3, 0.4) is 0 Å². The summed E-state index contributed by atoms with van der Waals surface area (Å²) in [5.41, 5.74) is 1.29. The van der Waals surface area contributed by atoms with E-state index in [1.54, 1.807) is 0 Å². The molecule has 1 aromatic rings. The minimum atomic E-state index is -0.0162. The van der Waals surface area contributed by atoms with Crippen molar-refractivity contribution in [1.29, 1.82) is 0 Å². The zero-order valence-electron chi connectivity index (χ0n) is 16.6. The van der Waals surface area contributed by atoms with Crippen LogP contribution < -0.4 is 10.6 Å². The highest BCUT2D eigenvalue weighted by molar-refractivity contribution is 5.79. The molecule has 152 valence electrons. The van der Waals surface area contributed by atoms with Gasteiger partial charge in [-0.05, 0) is 38.2 Å². The highest BCUT2D eigenvalue weighted by Crippen LogP contribution is 2.32. The molecule has 1 aromatic carbocycles. The lowest BCUT2D eigenvalue weighted by atomic mass is 9.84. The number of ether oxygens (including phenoxy) is 2. The van der Waals surface area contributed by atoms with Gasteiger partial charge < -0.3 is 25.2 Å². The number of aliphatic imine (C=N–C) groups is 1. The maximum absolute atomic E-state index is 9.33. The van der Waals surface area contributed by atoms with Crippen molar-refractivity contribution in [3.63, 3.8) is 0 Å². The van der Waals surface area contributed by atoms with E-state index in [1.807, 2.05) is 6.07 Å². The molecule has 6 nitrogen and oxygen atoms in total. The largest absolute Gasteiger partial charge is 0.396 e. The normalized spacial score (nSPS) is 20.0. The molecule has 0 saturated carbocycles. The van der Waals surface area contributed by atoms with E-state index in [0.717, 1.165) is 64.6 Å². The Kier molecular flexibility index (Phi) is 10.2. The first-order valence-corrected chi connectivity index (χ1v) is 10.1. The van der Waals surface area contributed by atoms with Crippen molar-refractivity contribution in [2.24, 2.45) is 10.4 Å². The summed E-state index contributed by atoms with van der Waals surface area (Å²) in [5, 5.41) is 16.0. The van der Waals surface area contributed by atoms with E-state index in [4.69, 9.17) is 14.5 Å². The summed E-state index contributed by atoms with van der Waals surface area (Å²) in [6.07, 6.45) is 3.59. The number of aliphatic hydroxyl groups is 1. The molecule has 1 unspecified atom stereocenters. The predicted octanol–water partition coefficient (Wildman–Crippen LogP) is 1.98. The van der Waals surface area contributed by atoms with Gasteiger partial charge >= 0.3 is 0 Å². The van der Waals surface area contributed by atoms with Crippen molar-refractivity contribution >= 4 is 5.96 Å². The Bertz CT molecular complexity index is 531. The molecule has 3 N–H and O–H groups in total. The highest BCUT2D eigenvalue weighted by atomic mass is 16.5. The fourth-order valence-corrected chi connectivity index (χ4v) is 3.19. The molecule has 2 rings (SSSR count). The number of aliphatic hydroxyl groups excluding tert-OH is 1. The molecule has 1 heterocycles. The Balaban J connectivity index is 1.63. The predicted molar refractivity (Wildman–Crippen MR) is 109 cm³/mol. The van der Waals surface area contributed by atoms with Crippen molar-refractivity contribution < 1.29 is 14.6 Å². The molecular weight excluding hydrogens is 342 g/mol. The Morgan fingerprint density at radius 3 is 2.81 bits per heavy atom. The van der Waals surface area contributed by atoms with Crippen molar-refractivity contribution in [2.45, 2.75) is 32.6 Å². The van der Waals surface area contributed by atoms with Gasteiger partial charge in [-0.3, -0.25) is 4.99 Å². The topological polar surface area (TPSA) is 75.1 Å². The summed E-state index contributed by atoms with van der Waals surface area (Å²) in [5.74, 6) is 0.825. The van der Waals surface area contributed by atoms with Gasteiger partial charge in [-0.1, -0.05) is 30.3 Å². The Hall–Kier alpha value is -1.63. The zero-order chi connectivity index (χ0) is 19.2. The third-order valence-corrected chi connectivity index (χ3v) is 4.88. The first kappa shape index (κ1) is 21.7. The molecule has 0 radical (unpaired) electrons. The molecule has 0 amide bonds. The van der Waals surface area contributed by atoms with Gasteiger partial charge in [0.2, 0.25) is 0 Å². The van der Waals surface area contributed by atoms with E-state index in [0.29, 0.717) is 13.2 Å². The summed E-state index contributed by atoms with van der Waals surface area (Å²) in [6, 6.07) is 10.4. The van der Waals surface area contributed by atoms with Crippen molar-refractivity contribution in [1.82, 2.24) is 10.6 Å². The summed E-state index contributed by atoms with van der Waals surface area (Å²) < 4.78 is 11.3. The van der Waals surface area contributed by atoms with Crippen LogP contribution >= 0.6 is 0 Å². The Morgan fingerprint density at radius 1 is 1.26 bits per heavy atom. The molecule has 27 heavy (non-hydrogen) atoms. The molecule has 1 saturated heterocycles. The quantitative estimate of drug-likeness (QED) is 0.295. The van der Waals surface area contributed by atoms with Crippen molar-refractivity contribution in [3.8, 4) is 0 Å². The van der Waals surface area contributed by atoms with Crippen LogP contribution in [0.15, 0.2) is 35.3 Å². The summed E-state index contributed by atoms with van der Waals surface area (Å²) in [7, 11) is 0. The number of rotatable bonds is 12. The van der Waals surface area contributed by atoms with Gasteiger partial charge in [0.1, 0.15) is 0 Å². The third-order valence-electron chi connectivity index (χ3n) is 4.88. The lowest BCUT2D eigenvalue weighted by Crippen LogP contribution is -2.39. The molecule has 1 fully saturated rings. The SMILES string of the molecule is CCNC(=NCC1(CCO)CCOC1)NCCCOCCc1ccccc1. The number of hydrogen-bond donors (Lipinski definition) is 3. The fraction of sp³-hybridized carbons (Fsp3) is 0.667. The molecule has 1 aliphatic rings. The average molecular weight is 378 g/mol. The third kappa shape index (κ3) is 8.28. The highest BCUT2D eigenvalue weighted by Gasteiger charge is 2.34. The average Bonchev–Trinajstić information content (AvgIpc) is 3.15. The van der Waals surface area contributed by atoms with Gasteiger partial charge in [0.15, 0.2) is 5.96 Å². The zero-order valence-corrected chi connectivity index (χ0v) is 16.6. The van der Waals surface area contributed by atoms with E-state index in [2.05, 4.69) is 41.8 Å². The molecule has 0 spiro atoms. The number of hydrogen-bond acceptors (Lipinski definition) is 4. The Morgan fingerprint density at radius 2 is 2.11 bits per heavy atom. The van der Waals surface area contributed by atoms with E-state index in [-0.39, 0.29) is 12.0 Å². The van der Waals surface area contributed by atoms with Crippen LogP contribution in [0.25, 0.3) is 0 Å². The summed E-state index contributed by atoms with van der Waals surface area (Å²) >= 11 is 0. The first-order valence-electron chi connectivity index (χ1n) is 10.1. The summed E-state index contributed by atoms with van der Waals surface area (Å²) in [4.78, 5) is 4.72. The Labute approximate surface area is 163 Å². The second-order valence-corrected chi connectivity index (χ2v) is 7.10. The maximum Gasteiger partial charge on any atom is 0.191 e. The standard InChI is InChI=1S/C21H35N3O3/c1-2-22-20(24-17-21(10-13-25)11-16-27-18-21)23-12-6-14-26-15-9-19-7-4-3-5-8-19/h3-5,7-8,25H,2,6,9-18H2,1H3,(H2,22,23,24). The van der Waals surface area contributed by atoms with E-state index >= 15 is 0 Å². The number of guanidine groups is 1. The van der Waals surface area contributed by atoms with Gasteiger partial charge in [0.05, 0.1) is 19.8 Å². The van der Waals surface area contributed by atoms with Gasteiger partial charge in [-0.15, -0.1) is 0 Å². The van der Waals surface area contributed by atoms with Crippen LogP contribution in [0, 0.1) is 5.41 Å². The number of nitrogens with zero attached hydrogens (tertiary/aromatic N) is 1. The van der Waals surface area contributed by atoms with Crippen LogP contribution in [0.5, 0.6) is 0 Å². The van der Waals surface area contributed by atoms with E-state index < -0.39 is 0 Å². The van der Waals surface area contributed by atoms with Crippen molar-refractivity contribution in [2.75, 3.05) is 52.7 Å². The summed E-state index contributed by atoms with van der Waals surface area (Å²) in [6.45, 7) is 7.50. The monoisotopic (exact) mass is 377 g/mol. The lowest BCUT2D eigenvalue weighted by Gasteiger charge is -2.24. The fourth-order valence-electron chi connectivity index (χ4n) is 3.19. The second kappa shape index (κ2) is 12.7. The minimum Gasteiger partial charge on any atom is -0.396 e. The van der Waals surface area contributed by atoms with Crippen LogP contribution in [0.4, 0.5) is 0 Å². The molecular formula is C21H35N3O3. The molecule has 0 aliphatic carbocycles. The van der Waals surface area contributed by atoms with Crippen LogP contribution in [0.1, 0.15) is 31.7 Å². The first-order chi connectivity index (χ1) is 13.3. The molecule has 1 aliphatic heterocycles. The van der Waals surface area contributed by atoms with Gasteiger partial charge in [0.25, 0.3) is 0 Å². The van der Waals surface area contributed by atoms with Gasteiger partial charge in [-0.25, -0.2) is 0 Å². The minimum absolute atomic E-state index is 0.0162. The maximum atomic E-state index is 9.33. The van der Waals surface area contributed by atoms with Gasteiger partial charge in [0, 0.05) is 38.3 Å². The van der Waals surface area contributed by atoms with E-state index in [1.165, 1.54) is 5.56 Å². The molecule has 0 bridgehead atoms. The molecule has 1 atom stereocenters. The second-order valence-electron chi connectivity index (χ2n) is 7.10. The van der Waals surface area contributed by atoms with Crippen LogP contribution in [0.2, 0.25) is 0 Å². The van der Waals surface area contributed by atoms with Crippen LogP contribution in [-0.4, -0.2) is 63.7 Å². The van der Waals surface area contributed by atoms with Crippen LogP contribution in [-0.2, 0) is 15.9 Å². The smallest absolute Gasteiger partial charge is 0.191 e. The van der Waals surface area contributed by atoms with Crippen molar-refractivity contribution in [3.05, 3.63) is 35.9 Å². The van der Waals surface area contributed by atoms with Gasteiger partial charge in [-0.2, -0.15) is 0 Å².